The maximum Gasteiger partial charge on any atom is 0.436 e. The van der Waals surface area contributed by atoms with E-state index in [1.54, 1.807) is 0 Å². The fourth-order valence-corrected chi connectivity index (χ4v) is 2.77. The van der Waals surface area contributed by atoms with Gasteiger partial charge in [0.25, 0.3) is 11.6 Å². The zero-order chi connectivity index (χ0) is 21.2. The number of alkyl halides is 3. The van der Waals surface area contributed by atoms with Gasteiger partial charge >= 0.3 is 6.18 Å². The largest absolute Gasteiger partial charge is 0.436 e. The SMILES string of the molecule is Cn1nc(C(F)(F)F)c(Cl)c1C(=O)NC(CO)C(O)c1ccc([N+](=O)[O-])cc1. The lowest BCUT2D eigenvalue weighted by Crippen LogP contribution is -2.42. The molecule has 9 nitrogen and oxygen atoms in total. The highest BCUT2D eigenvalue weighted by Gasteiger charge is 2.40. The summed E-state index contributed by atoms with van der Waals surface area (Å²) >= 11 is 5.63. The summed E-state index contributed by atoms with van der Waals surface area (Å²) in [5.41, 5.74) is -2.15. The van der Waals surface area contributed by atoms with E-state index in [4.69, 9.17) is 11.6 Å². The lowest BCUT2D eigenvalue weighted by molar-refractivity contribution is -0.384. The first-order valence-electron chi connectivity index (χ1n) is 7.61. The Hall–Kier alpha value is -2.70. The lowest BCUT2D eigenvalue weighted by atomic mass is 10.0. The number of halogens is 4. The molecule has 0 fully saturated rings. The van der Waals surface area contributed by atoms with E-state index in [-0.39, 0.29) is 11.3 Å². The molecular weight excluding hydrogens is 409 g/mol. The van der Waals surface area contributed by atoms with Gasteiger partial charge in [-0.2, -0.15) is 18.3 Å². The Morgan fingerprint density at radius 3 is 2.39 bits per heavy atom. The molecule has 1 heterocycles. The van der Waals surface area contributed by atoms with E-state index in [1.807, 2.05) is 0 Å². The molecule has 2 aromatic rings. The molecule has 152 valence electrons. The monoisotopic (exact) mass is 422 g/mol. The summed E-state index contributed by atoms with van der Waals surface area (Å²) in [6, 6.07) is 3.34. The quantitative estimate of drug-likeness (QED) is 0.481. The van der Waals surface area contributed by atoms with E-state index < -0.39 is 52.2 Å². The zero-order valence-electron chi connectivity index (χ0n) is 14.1. The van der Waals surface area contributed by atoms with Crippen LogP contribution in [0.2, 0.25) is 5.02 Å². The first kappa shape index (κ1) is 21.6. The van der Waals surface area contributed by atoms with Gasteiger partial charge in [-0.15, -0.1) is 0 Å². The van der Waals surface area contributed by atoms with Crippen molar-refractivity contribution in [3.05, 3.63) is 56.4 Å². The smallest absolute Gasteiger partial charge is 0.394 e. The van der Waals surface area contributed by atoms with Crippen LogP contribution in [0.25, 0.3) is 0 Å². The Balaban J connectivity index is 2.24. The molecule has 2 atom stereocenters. The molecule has 3 N–H and O–H groups in total. The number of aromatic nitrogens is 2. The number of amides is 1. The van der Waals surface area contributed by atoms with Crippen LogP contribution in [0.4, 0.5) is 18.9 Å². The molecule has 1 aromatic carbocycles. The predicted octanol–water partition coefficient (Wildman–Crippen LogP) is 1.82. The van der Waals surface area contributed by atoms with Crippen molar-refractivity contribution in [2.24, 2.45) is 7.05 Å². The molecule has 0 aliphatic rings. The third-order valence-corrected chi connectivity index (χ3v) is 4.17. The van der Waals surface area contributed by atoms with Gasteiger partial charge in [0.05, 0.1) is 17.6 Å². The van der Waals surface area contributed by atoms with Crippen LogP contribution in [-0.2, 0) is 13.2 Å². The van der Waals surface area contributed by atoms with Gasteiger partial charge in [-0.05, 0) is 17.7 Å². The molecule has 28 heavy (non-hydrogen) atoms. The second-order valence-corrected chi connectivity index (χ2v) is 6.07. The molecular formula is C15H14ClF3N4O5. The third-order valence-electron chi connectivity index (χ3n) is 3.81. The number of aryl methyl sites for hydroxylation is 1. The summed E-state index contributed by atoms with van der Waals surface area (Å²) in [7, 11) is 1.08. The maximum atomic E-state index is 12.9. The topological polar surface area (TPSA) is 131 Å². The fraction of sp³-hybridized carbons (Fsp3) is 0.333. The van der Waals surface area contributed by atoms with Crippen molar-refractivity contribution in [3.63, 3.8) is 0 Å². The van der Waals surface area contributed by atoms with Crippen molar-refractivity contribution >= 4 is 23.2 Å². The molecule has 2 rings (SSSR count). The summed E-state index contributed by atoms with van der Waals surface area (Å²) in [5.74, 6) is -1.10. The highest BCUT2D eigenvalue weighted by atomic mass is 35.5. The second-order valence-electron chi connectivity index (χ2n) is 5.69. The number of hydrogen-bond acceptors (Lipinski definition) is 6. The van der Waals surface area contributed by atoms with Gasteiger partial charge in [0.15, 0.2) is 5.69 Å². The van der Waals surface area contributed by atoms with Gasteiger partial charge < -0.3 is 15.5 Å². The van der Waals surface area contributed by atoms with Crippen molar-refractivity contribution in [1.82, 2.24) is 15.1 Å². The van der Waals surface area contributed by atoms with E-state index in [2.05, 4.69) is 10.4 Å². The van der Waals surface area contributed by atoms with E-state index in [0.29, 0.717) is 4.68 Å². The van der Waals surface area contributed by atoms with Crippen LogP contribution in [0.3, 0.4) is 0 Å². The minimum absolute atomic E-state index is 0.136. The first-order chi connectivity index (χ1) is 13.0. The maximum absolute atomic E-state index is 12.9. The Morgan fingerprint density at radius 1 is 1.39 bits per heavy atom. The normalized spacial score (nSPS) is 13.8. The van der Waals surface area contributed by atoms with Crippen molar-refractivity contribution in [2.45, 2.75) is 18.3 Å². The summed E-state index contributed by atoms with van der Waals surface area (Å²) in [5, 5.41) is 34.8. The van der Waals surface area contributed by atoms with Gasteiger partial charge in [0, 0.05) is 19.2 Å². The molecule has 2 unspecified atom stereocenters. The van der Waals surface area contributed by atoms with E-state index in [0.717, 1.165) is 19.2 Å². The predicted molar refractivity (Wildman–Crippen MR) is 89.6 cm³/mol. The van der Waals surface area contributed by atoms with Crippen LogP contribution in [0.1, 0.15) is 27.8 Å². The average molecular weight is 423 g/mol. The number of nitrogens with one attached hydrogen (secondary N) is 1. The molecule has 0 saturated carbocycles. The summed E-state index contributed by atoms with van der Waals surface area (Å²) in [6.07, 6.45) is -6.37. The van der Waals surface area contributed by atoms with Crippen LogP contribution >= 0.6 is 11.6 Å². The van der Waals surface area contributed by atoms with Crippen molar-refractivity contribution < 1.29 is 33.1 Å². The molecule has 0 aliphatic carbocycles. The summed E-state index contributed by atoms with van der Waals surface area (Å²) < 4.78 is 39.2. The van der Waals surface area contributed by atoms with Crippen molar-refractivity contribution in [3.8, 4) is 0 Å². The first-order valence-corrected chi connectivity index (χ1v) is 7.99. The average Bonchev–Trinajstić information content (AvgIpc) is 2.93. The highest BCUT2D eigenvalue weighted by Crippen LogP contribution is 2.35. The van der Waals surface area contributed by atoms with Crippen molar-refractivity contribution in [2.75, 3.05) is 6.61 Å². The van der Waals surface area contributed by atoms with Gasteiger partial charge in [-0.1, -0.05) is 11.6 Å². The van der Waals surface area contributed by atoms with Gasteiger partial charge in [0.2, 0.25) is 0 Å². The van der Waals surface area contributed by atoms with Crippen LogP contribution in [0.5, 0.6) is 0 Å². The number of nitro benzene ring substituents is 1. The zero-order valence-corrected chi connectivity index (χ0v) is 14.9. The fourth-order valence-electron chi connectivity index (χ4n) is 2.41. The summed E-state index contributed by atoms with van der Waals surface area (Å²) in [4.78, 5) is 22.3. The van der Waals surface area contributed by atoms with Gasteiger partial charge in [-0.25, -0.2) is 0 Å². The third kappa shape index (κ3) is 4.40. The summed E-state index contributed by atoms with van der Waals surface area (Å²) in [6.45, 7) is -0.772. The van der Waals surface area contributed by atoms with Crippen molar-refractivity contribution in [1.29, 1.82) is 0 Å². The number of hydrogen-bond donors (Lipinski definition) is 3. The van der Waals surface area contributed by atoms with Gasteiger partial charge in [-0.3, -0.25) is 19.6 Å². The molecule has 0 saturated heterocycles. The van der Waals surface area contributed by atoms with Crippen LogP contribution in [-0.4, -0.2) is 43.5 Å². The number of benzene rings is 1. The van der Waals surface area contributed by atoms with E-state index >= 15 is 0 Å². The Kier molecular flexibility index (Phi) is 6.27. The number of carbonyl (C=O) groups is 1. The molecule has 1 aromatic heterocycles. The minimum Gasteiger partial charge on any atom is -0.394 e. The Morgan fingerprint density at radius 2 is 1.96 bits per heavy atom. The molecule has 0 bridgehead atoms. The lowest BCUT2D eigenvalue weighted by Gasteiger charge is -2.22. The highest BCUT2D eigenvalue weighted by molar-refractivity contribution is 6.34. The number of carbonyl (C=O) groups excluding carboxylic acids is 1. The number of aliphatic hydroxyl groups excluding tert-OH is 2. The number of rotatable bonds is 6. The van der Waals surface area contributed by atoms with E-state index in [1.165, 1.54) is 12.1 Å². The molecule has 0 radical (unpaired) electrons. The number of aliphatic hydroxyl groups is 2. The van der Waals surface area contributed by atoms with Crippen LogP contribution in [0.15, 0.2) is 24.3 Å². The van der Waals surface area contributed by atoms with Crippen LogP contribution < -0.4 is 5.32 Å². The standard InChI is InChI=1S/C15H14ClF3N4O5/c1-22-11(10(16)13(21-22)15(17,18)19)14(26)20-9(6-24)12(25)7-2-4-8(5-3-7)23(27)28/h2-5,9,12,24-25H,6H2,1H3,(H,20,26). The van der Waals surface area contributed by atoms with Crippen LogP contribution in [0, 0.1) is 10.1 Å². The minimum atomic E-state index is -4.87. The molecule has 13 heteroatoms. The Bertz CT molecular complexity index is 885. The number of nitrogens with zero attached hydrogens (tertiary/aromatic N) is 3. The number of nitro groups is 1. The number of non-ortho nitro benzene ring substituents is 1. The Labute approximate surface area is 160 Å². The second kappa shape index (κ2) is 8.12. The van der Waals surface area contributed by atoms with Gasteiger partial charge in [0.1, 0.15) is 16.8 Å². The van der Waals surface area contributed by atoms with E-state index in [9.17, 15) is 38.3 Å². The molecule has 0 spiro atoms. The molecule has 1 amide bonds. The molecule has 0 aliphatic heterocycles.